The van der Waals surface area contributed by atoms with Crippen LogP contribution in [0.4, 0.5) is 4.39 Å². The molecule has 0 aliphatic heterocycles. The largest absolute Gasteiger partial charge is 0.349 e. The Morgan fingerprint density at radius 2 is 2.11 bits per heavy atom. The molecule has 2 unspecified atom stereocenters. The molecule has 0 aromatic heterocycles. The van der Waals surface area contributed by atoms with Crippen molar-refractivity contribution in [1.82, 2.24) is 5.32 Å². The number of nitrogens with one attached hydrogen (secondary N) is 1. The van der Waals surface area contributed by atoms with E-state index in [1.165, 1.54) is 31.4 Å². The molecule has 1 aliphatic carbocycles. The topological polar surface area (TPSA) is 29.1 Å². The molecular weight excluding hydrogens is 356 g/mol. The maximum atomic E-state index is 13.0. The van der Waals surface area contributed by atoms with Gasteiger partial charge in [0.15, 0.2) is 0 Å². The van der Waals surface area contributed by atoms with Gasteiger partial charge in [-0.05, 0) is 66.0 Å². The van der Waals surface area contributed by atoms with E-state index >= 15 is 0 Å². The van der Waals surface area contributed by atoms with Gasteiger partial charge in [0.05, 0.1) is 5.56 Å². The van der Waals surface area contributed by atoms with E-state index in [-0.39, 0.29) is 17.8 Å². The normalized spacial score (nSPS) is 23.7. The summed E-state index contributed by atoms with van der Waals surface area (Å²) in [5.74, 6) is 0.376. The van der Waals surface area contributed by atoms with E-state index in [1.54, 1.807) is 6.07 Å². The molecule has 2 rings (SSSR count). The van der Waals surface area contributed by atoms with Crippen LogP contribution >= 0.6 is 22.6 Å². The van der Waals surface area contributed by atoms with Crippen molar-refractivity contribution in [2.45, 2.75) is 45.1 Å². The molecule has 0 bridgehead atoms. The Labute approximate surface area is 127 Å². The van der Waals surface area contributed by atoms with Crippen molar-refractivity contribution in [2.75, 3.05) is 0 Å². The van der Waals surface area contributed by atoms with E-state index in [9.17, 15) is 9.18 Å². The number of halogens is 2. The van der Waals surface area contributed by atoms with Gasteiger partial charge in [-0.3, -0.25) is 4.79 Å². The Kier molecular flexibility index (Phi) is 5.19. The Morgan fingerprint density at radius 3 is 2.84 bits per heavy atom. The zero-order valence-corrected chi connectivity index (χ0v) is 13.2. The van der Waals surface area contributed by atoms with Crippen molar-refractivity contribution in [1.29, 1.82) is 0 Å². The SMILES string of the molecule is CC1CCCC(NC(=O)c2ccc(F)cc2I)CC1. The number of carbonyl (C=O) groups excluding carboxylic acids is 1. The summed E-state index contributed by atoms with van der Waals surface area (Å²) in [7, 11) is 0. The van der Waals surface area contributed by atoms with Gasteiger partial charge in [-0.15, -0.1) is 0 Å². The van der Waals surface area contributed by atoms with Gasteiger partial charge in [0.2, 0.25) is 0 Å². The molecule has 0 spiro atoms. The fourth-order valence-corrected chi connectivity index (χ4v) is 3.29. The Bertz CT molecular complexity index is 463. The minimum atomic E-state index is -0.302. The van der Waals surface area contributed by atoms with Gasteiger partial charge in [-0.1, -0.05) is 19.8 Å². The first kappa shape index (κ1) is 14.8. The summed E-state index contributed by atoms with van der Waals surface area (Å²) in [5, 5.41) is 3.09. The fourth-order valence-electron chi connectivity index (χ4n) is 2.57. The molecule has 1 N–H and O–H groups in total. The van der Waals surface area contributed by atoms with E-state index in [0.717, 1.165) is 18.8 Å². The van der Waals surface area contributed by atoms with E-state index in [4.69, 9.17) is 0 Å². The van der Waals surface area contributed by atoms with Crippen LogP contribution in [0.3, 0.4) is 0 Å². The molecule has 1 aromatic carbocycles. The van der Waals surface area contributed by atoms with Crippen LogP contribution in [-0.2, 0) is 0 Å². The van der Waals surface area contributed by atoms with Crippen molar-refractivity contribution in [3.8, 4) is 0 Å². The first-order valence-corrected chi connectivity index (χ1v) is 7.90. The molecule has 1 saturated carbocycles. The predicted octanol–water partition coefficient (Wildman–Crippen LogP) is 4.13. The lowest BCUT2D eigenvalue weighted by atomic mass is 10.0. The number of rotatable bonds is 2. The smallest absolute Gasteiger partial charge is 0.252 e. The summed E-state index contributed by atoms with van der Waals surface area (Å²) >= 11 is 2.01. The van der Waals surface area contributed by atoms with Gasteiger partial charge in [0.1, 0.15) is 5.82 Å². The summed E-state index contributed by atoms with van der Waals surface area (Å²) in [6.07, 6.45) is 5.69. The standard InChI is InChI=1S/C15H19FINO/c1-10-3-2-4-12(7-5-10)18-15(19)13-8-6-11(16)9-14(13)17/h6,8-10,12H,2-5,7H2,1H3,(H,18,19). The summed E-state index contributed by atoms with van der Waals surface area (Å²) in [4.78, 5) is 12.2. The summed E-state index contributed by atoms with van der Waals surface area (Å²) < 4.78 is 13.7. The maximum absolute atomic E-state index is 13.0. The van der Waals surface area contributed by atoms with Gasteiger partial charge < -0.3 is 5.32 Å². The highest BCUT2D eigenvalue weighted by Crippen LogP contribution is 2.23. The Hall–Kier alpha value is -0.650. The highest BCUT2D eigenvalue weighted by molar-refractivity contribution is 14.1. The van der Waals surface area contributed by atoms with Crippen molar-refractivity contribution < 1.29 is 9.18 Å². The summed E-state index contributed by atoms with van der Waals surface area (Å²) in [6.45, 7) is 2.27. The number of hydrogen-bond acceptors (Lipinski definition) is 1. The second-order valence-corrected chi connectivity index (χ2v) is 6.57. The number of benzene rings is 1. The van der Waals surface area contributed by atoms with Gasteiger partial charge in [0.25, 0.3) is 5.91 Å². The molecule has 0 heterocycles. The third kappa shape index (κ3) is 4.16. The molecule has 1 fully saturated rings. The number of carbonyl (C=O) groups is 1. The zero-order valence-electron chi connectivity index (χ0n) is 11.1. The van der Waals surface area contributed by atoms with Crippen LogP contribution in [0.25, 0.3) is 0 Å². The lowest BCUT2D eigenvalue weighted by molar-refractivity contribution is 0.0932. The molecule has 0 saturated heterocycles. The van der Waals surface area contributed by atoms with Crippen LogP contribution in [0.15, 0.2) is 18.2 Å². The van der Waals surface area contributed by atoms with Crippen LogP contribution in [0.1, 0.15) is 49.4 Å². The molecule has 1 aliphatic rings. The van der Waals surface area contributed by atoms with Gasteiger partial charge in [-0.25, -0.2) is 4.39 Å². The Balaban J connectivity index is 2.00. The minimum absolute atomic E-state index is 0.0797. The molecule has 1 aromatic rings. The van der Waals surface area contributed by atoms with Crippen molar-refractivity contribution >= 4 is 28.5 Å². The second kappa shape index (κ2) is 6.68. The molecule has 2 nitrogen and oxygen atoms in total. The third-order valence-electron chi connectivity index (χ3n) is 3.77. The van der Waals surface area contributed by atoms with Crippen molar-refractivity contribution in [2.24, 2.45) is 5.92 Å². The van der Waals surface area contributed by atoms with Crippen LogP contribution in [0.5, 0.6) is 0 Å². The quantitative estimate of drug-likeness (QED) is 0.611. The first-order chi connectivity index (χ1) is 9.06. The van der Waals surface area contributed by atoms with Crippen LogP contribution in [0.2, 0.25) is 0 Å². The third-order valence-corrected chi connectivity index (χ3v) is 4.66. The van der Waals surface area contributed by atoms with Gasteiger partial charge in [0, 0.05) is 9.61 Å². The molecule has 104 valence electrons. The van der Waals surface area contributed by atoms with E-state index in [1.807, 2.05) is 22.6 Å². The Morgan fingerprint density at radius 1 is 1.32 bits per heavy atom. The monoisotopic (exact) mass is 375 g/mol. The lowest BCUT2D eigenvalue weighted by Gasteiger charge is -2.17. The molecule has 1 amide bonds. The van der Waals surface area contributed by atoms with Crippen LogP contribution in [-0.4, -0.2) is 11.9 Å². The minimum Gasteiger partial charge on any atom is -0.349 e. The highest BCUT2D eigenvalue weighted by Gasteiger charge is 2.19. The molecule has 0 radical (unpaired) electrons. The first-order valence-electron chi connectivity index (χ1n) is 6.82. The fraction of sp³-hybridized carbons (Fsp3) is 0.533. The maximum Gasteiger partial charge on any atom is 0.252 e. The predicted molar refractivity (Wildman–Crippen MR) is 82.6 cm³/mol. The lowest BCUT2D eigenvalue weighted by Crippen LogP contribution is -2.34. The van der Waals surface area contributed by atoms with E-state index in [0.29, 0.717) is 9.13 Å². The van der Waals surface area contributed by atoms with E-state index in [2.05, 4.69) is 12.2 Å². The average Bonchev–Trinajstić information content (AvgIpc) is 2.54. The number of amides is 1. The average molecular weight is 375 g/mol. The van der Waals surface area contributed by atoms with Gasteiger partial charge >= 0.3 is 0 Å². The number of hydrogen-bond donors (Lipinski definition) is 1. The van der Waals surface area contributed by atoms with Gasteiger partial charge in [-0.2, -0.15) is 0 Å². The van der Waals surface area contributed by atoms with Crippen molar-refractivity contribution in [3.05, 3.63) is 33.1 Å². The molecule has 2 atom stereocenters. The molecular formula is C15H19FINO. The van der Waals surface area contributed by atoms with Crippen LogP contribution < -0.4 is 5.32 Å². The zero-order chi connectivity index (χ0) is 13.8. The van der Waals surface area contributed by atoms with Crippen LogP contribution in [0, 0.1) is 15.3 Å². The summed E-state index contributed by atoms with van der Waals surface area (Å²) in [5.41, 5.74) is 0.569. The van der Waals surface area contributed by atoms with Crippen molar-refractivity contribution in [3.63, 3.8) is 0 Å². The highest BCUT2D eigenvalue weighted by atomic mass is 127. The molecule has 4 heteroatoms. The molecule has 19 heavy (non-hydrogen) atoms. The summed E-state index contributed by atoms with van der Waals surface area (Å²) in [6, 6.07) is 4.56. The second-order valence-electron chi connectivity index (χ2n) is 5.41. The van der Waals surface area contributed by atoms with E-state index < -0.39 is 0 Å².